The van der Waals surface area contributed by atoms with Gasteiger partial charge in [0.05, 0.1) is 41.6 Å². The van der Waals surface area contributed by atoms with Gasteiger partial charge in [-0.15, -0.1) is 0 Å². The van der Waals surface area contributed by atoms with Gasteiger partial charge in [-0.2, -0.15) is 0 Å². The molecule has 0 unspecified atom stereocenters. The minimum Gasteiger partial charge on any atom is -0.469 e. The Morgan fingerprint density at radius 3 is 2.79 bits per heavy atom. The maximum absolute atomic E-state index is 11.0. The van der Waals surface area contributed by atoms with Crippen molar-refractivity contribution < 1.29 is 18.5 Å². The third kappa shape index (κ3) is 3.92. The fourth-order valence-electron chi connectivity index (χ4n) is 1.34. The second-order valence-electron chi connectivity index (χ2n) is 3.07. The van der Waals surface area contributed by atoms with Gasteiger partial charge in [-0.05, 0) is 12.8 Å². The Hall–Kier alpha value is 0.470. The Bertz CT molecular complexity index is 184. The number of ether oxygens (including phenoxy) is 2. The van der Waals surface area contributed by atoms with E-state index in [4.69, 9.17) is 8.92 Å². The van der Waals surface area contributed by atoms with Gasteiger partial charge >= 0.3 is 5.97 Å². The molecule has 0 heterocycles. The molecule has 6 heteroatoms. The third-order valence-corrected chi connectivity index (χ3v) is 3.21. The highest BCUT2D eigenvalue weighted by Crippen LogP contribution is 2.30. The number of rotatable bonds is 6. The molecule has 1 fully saturated rings. The summed E-state index contributed by atoms with van der Waals surface area (Å²) >= 11 is 2.06. The van der Waals surface area contributed by atoms with Crippen molar-refractivity contribution in [1.82, 2.24) is 0 Å². The van der Waals surface area contributed by atoms with Crippen LogP contribution in [0.5, 0.6) is 0 Å². The van der Waals surface area contributed by atoms with Crippen LogP contribution in [0.15, 0.2) is 0 Å². The topological polar surface area (TPSA) is 44.8 Å². The van der Waals surface area contributed by atoms with Gasteiger partial charge in [0.25, 0.3) is 0 Å². The Kier molecular flexibility index (Phi) is 6.15. The van der Waals surface area contributed by atoms with Crippen LogP contribution in [0, 0.1) is 5.92 Å². The van der Waals surface area contributed by atoms with Crippen molar-refractivity contribution in [2.24, 2.45) is 5.92 Å². The van der Waals surface area contributed by atoms with Crippen LogP contribution in [0.4, 0.5) is 0 Å². The first-order valence-electron chi connectivity index (χ1n) is 4.37. The lowest BCUT2D eigenvalue weighted by molar-refractivity contribution is -0.155. The van der Waals surface area contributed by atoms with Crippen LogP contribution in [0.1, 0.15) is 12.8 Å². The largest absolute Gasteiger partial charge is 0.469 e. The molecular weight excluding hydrogens is 319 g/mol. The van der Waals surface area contributed by atoms with Crippen LogP contribution in [0.25, 0.3) is 0 Å². The molecule has 1 saturated carbocycles. The molecule has 1 aliphatic rings. The number of methoxy groups -OCH3 is 1. The fraction of sp³-hybridized carbons (Fsp3) is 0.875. The standard InChI is InChI=1S/C8H13IO4S/c1-11-8(10)6-4-7(5-6)12-2-3-13-14-9/h6-7H,2-5H2,1H3. The summed E-state index contributed by atoms with van der Waals surface area (Å²) in [7, 11) is 2.72. The maximum atomic E-state index is 11.0. The molecule has 0 aromatic rings. The highest BCUT2D eigenvalue weighted by molar-refractivity contribution is 14.2. The van der Waals surface area contributed by atoms with E-state index in [0.29, 0.717) is 13.2 Å². The molecule has 0 spiro atoms. The van der Waals surface area contributed by atoms with Gasteiger partial charge in [0, 0.05) is 21.2 Å². The maximum Gasteiger partial charge on any atom is 0.308 e. The lowest BCUT2D eigenvalue weighted by atomic mass is 9.82. The van der Waals surface area contributed by atoms with Crippen molar-refractivity contribution in [1.29, 1.82) is 0 Å². The van der Waals surface area contributed by atoms with E-state index in [1.54, 1.807) is 0 Å². The van der Waals surface area contributed by atoms with E-state index < -0.39 is 0 Å². The molecule has 0 bridgehead atoms. The number of hydrogen-bond donors (Lipinski definition) is 0. The van der Waals surface area contributed by atoms with E-state index in [2.05, 4.69) is 25.9 Å². The average molecular weight is 332 g/mol. The summed E-state index contributed by atoms with van der Waals surface area (Å²) in [5.41, 5.74) is 0. The van der Waals surface area contributed by atoms with Crippen LogP contribution >= 0.6 is 30.4 Å². The average Bonchev–Trinajstić information content (AvgIpc) is 2.14. The summed E-state index contributed by atoms with van der Waals surface area (Å²) in [6.07, 6.45) is 1.77. The molecule has 4 nitrogen and oxygen atoms in total. The summed E-state index contributed by atoms with van der Waals surface area (Å²) in [6, 6.07) is 0. The van der Waals surface area contributed by atoms with Gasteiger partial charge in [-0.1, -0.05) is 0 Å². The SMILES string of the molecule is COC(=O)C1CC(OCCOSI)C1. The van der Waals surface area contributed by atoms with Gasteiger partial charge in [0.2, 0.25) is 0 Å². The summed E-state index contributed by atoms with van der Waals surface area (Å²) < 4.78 is 15.1. The highest BCUT2D eigenvalue weighted by atomic mass is 127. The molecule has 1 rings (SSSR count). The van der Waals surface area contributed by atoms with Crippen molar-refractivity contribution in [2.75, 3.05) is 20.3 Å². The van der Waals surface area contributed by atoms with E-state index in [-0.39, 0.29) is 18.0 Å². The molecule has 1 aliphatic carbocycles. The number of esters is 1. The third-order valence-electron chi connectivity index (χ3n) is 2.19. The first-order chi connectivity index (χ1) is 6.77. The van der Waals surface area contributed by atoms with Gasteiger partial charge in [-0.25, -0.2) is 0 Å². The highest BCUT2D eigenvalue weighted by Gasteiger charge is 2.35. The lowest BCUT2D eigenvalue weighted by Gasteiger charge is -2.32. The van der Waals surface area contributed by atoms with E-state index >= 15 is 0 Å². The van der Waals surface area contributed by atoms with Crippen molar-refractivity contribution in [3.63, 3.8) is 0 Å². The van der Waals surface area contributed by atoms with Gasteiger partial charge in [0.15, 0.2) is 0 Å². The van der Waals surface area contributed by atoms with Gasteiger partial charge in [0.1, 0.15) is 0 Å². The molecule has 0 saturated heterocycles. The van der Waals surface area contributed by atoms with Crippen molar-refractivity contribution in [2.45, 2.75) is 18.9 Å². The van der Waals surface area contributed by atoms with E-state index in [0.717, 1.165) is 12.8 Å². The van der Waals surface area contributed by atoms with E-state index in [1.165, 1.54) is 16.3 Å². The number of carbonyl (C=O) groups is 1. The van der Waals surface area contributed by atoms with Crippen LogP contribution in [0.2, 0.25) is 0 Å². The molecule has 0 N–H and O–H groups in total. The smallest absolute Gasteiger partial charge is 0.308 e. The molecule has 0 aromatic heterocycles. The van der Waals surface area contributed by atoms with Crippen molar-refractivity contribution in [3.05, 3.63) is 0 Å². The van der Waals surface area contributed by atoms with E-state index in [1.807, 2.05) is 0 Å². The molecule has 0 aliphatic heterocycles. The molecular formula is C8H13IO4S. The zero-order chi connectivity index (χ0) is 10.4. The molecule has 82 valence electrons. The number of hydrogen-bond acceptors (Lipinski definition) is 5. The first-order valence-corrected chi connectivity index (χ1v) is 7.66. The number of halogens is 1. The summed E-state index contributed by atoms with van der Waals surface area (Å²) in [5.74, 6) is -0.0752. The molecule has 14 heavy (non-hydrogen) atoms. The quantitative estimate of drug-likeness (QED) is 0.322. The Morgan fingerprint density at radius 2 is 2.21 bits per heavy atom. The van der Waals surface area contributed by atoms with E-state index in [9.17, 15) is 4.79 Å². The fourth-order valence-corrected chi connectivity index (χ4v) is 2.01. The van der Waals surface area contributed by atoms with Crippen molar-refractivity contribution in [3.8, 4) is 0 Å². The predicted molar refractivity (Wildman–Crippen MR) is 62.0 cm³/mol. The van der Waals surface area contributed by atoms with Gasteiger partial charge < -0.3 is 13.7 Å². The summed E-state index contributed by atoms with van der Waals surface area (Å²) in [6.45, 7) is 1.18. The first kappa shape index (κ1) is 12.5. The lowest BCUT2D eigenvalue weighted by Crippen LogP contribution is -2.37. The van der Waals surface area contributed by atoms with Crippen LogP contribution < -0.4 is 0 Å². The van der Waals surface area contributed by atoms with Crippen molar-refractivity contribution >= 4 is 36.4 Å². The summed E-state index contributed by atoms with van der Waals surface area (Å²) in [5, 5.41) is 0. The Labute approximate surface area is 99.8 Å². The number of carbonyl (C=O) groups excluding carboxylic acids is 1. The van der Waals surface area contributed by atoms with Crippen LogP contribution in [-0.4, -0.2) is 32.4 Å². The van der Waals surface area contributed by atoms with Crippen LogP contribution in [-0.2, 0) is 18.5 Å². The molecule has 0 aromatic carbocycles. The van der Waals surface area contributed by atoms with Crippen LogP contribution in [0.3, 0.4) is 0 Å². The summed E-state index contributed by atoms with van der Waals surface area (Å²) in [4.78, 5) is 11.0. The molecule has 0 radical (unpaired) electrons. The Balaban J connectivity index is 1.96. The molecule has 0 atom stereocenters. The monoisotopic (exact) mass is 332 g/mol. The zero-order valence-electron chi connectivity index (χ0n) is 7.90. The normalized spacial score (nSPS) is 25.6. The minimum atomic E-state index is -0.121. The second-order valence-corrected chi connectivity index (χ2v) is 4.51. The molecule has 0 amide bonds. The predicted octanol–water partition coefficient (Wildman–Crippen LogP) is 1.97. The second kappa shape index (κ2) is 6.86. The Morgan fingerprint density at radius 1 is 1.50 bits per heavy atom. The van der Waals surface area contributed by atoms with Gasteiger partial charge in [-0.3, -0.25) is 4.79 Å². The zero-order valence-corrected chi connectivity index (χ0v) is 10.9. The minimum absolute atomic E-state index is 0.0462.